The summed E-state index contributed by atoms with van der Waals surface area (Å²) in [5, 5.41) is 17.7. The smallest absolute Gasteiger partial charge is 0.244 e. The number of aromatic amines is 1. The van der Waals surface area contributed by atoms with Crippen molar-refractivity contribution in [1.82, 2.24) is 35.5 Å². The summed E-state index contributed by atoms with van der Waals surface area (Å²) in [6.45, 7) is 0. The number of imidazole rings is 1. The Morgan fingerprint density at radius 1 is 1.19 bits per heavy atom. The topological polar surface area (TPSA) is 130 Å². The zero-order chi connectivity index (χ0) is 24.9. The summed E-state index contributed by atoms with van der Waals surface area (Å²) >= 11 is 6.16. The average Bonchev–Trinajstić information content (AvgIpc) is 3.57. The van der Waals surface area contributed by atoms with Crippen molar-refractivity contribution >= 4 is 35.2 Å². The number of aromatic nitrogens is 6. The molecule has 3 N–H and O–H groups in total. The van der Waals surface area contributed by atoms with Crippen LogP contribution in [0.5, 0.6) is 0 Å². The van der Waals surface area contributed by atoms with Crippen molar-refractivity contribution < 1.29 is 9.59 Å². The molecule has 2 bridgehead atoms. The Morgan fingerprint density at radius 3 is 2.94 bits per heavy atom. The van der Waals surface area contributed by atoms with E-state index in [1.165, 1.54) is 17.1 Å². The summed E-state index contributed by atoms with van der Waals surface area (Å²) in [5.41, 5.74) is 3.59. The van der Waals surface area contributed by atoms with E-state index in [4.69, 9.17) is 11.6 Å². The van der Waals surface area contributed by atoms with Crippen LogP contribution < -0.4 is 10.6 Å². The number of fused-ring (bicyclic) bond motifs is 4. The highest BCUT2D eigenvalue weighted by Crippen LogP contribution is 2.28. The van der Waals surface area contributed by atoms with Gasteiger partial charge in [-0.3, -0.25) is 9.59 Å². The van der Waals surface area contributed by atoms with E-state index >= 15 is 0 Å². The molecule has 0 aliphatic carbocycles. The van der Waals surface area contributed by atoms with Gasteiger partial charge in [0.1, 0.15) is 12.2 Å². The Kier molecular flexibility index (Phi) is 6.67. The Bertz CT molecular complexity index is 1460. The molecule has 36 heavy (non-hydrogen) atoms. The van der Waals surface area contributed by atoms with Gasteiger partial charge in [0.05, 0.1) is 29.3 Å². The Balaban J connectivity index is 1.40. The van der Waals surface area contributed by atoms with Crippen molar-refractivity contribution in [3.8, 4) is 16.9 Å². The second kappa shape index (κ2) is 10.4. The Labute approximate surface area is 211 Å². The van der Waals surface area contributed by atoms with Crippen LogP contribution in [0.4, 0.5) is 5.69 Å². The zero-order valence-electron chi connectivity index (χ0n) is 18.9. The van der Waals surface area contributed by atoms with Gasteiger partial charge in [-0.15, -0.1) is 5.10 Å². The summed E-state index contributed by atoms with van der Waals surface area (Å²) in [5.74, 6) is 0.164. The summed E-state index contributed by atoms with van der Waals surface area (Å²) in [6.07, 6.45) is 10.5. The van der Waals surface area contributed by atoms with Crippen LogP contribution in [0.3, 0.4) is 0 Å². The first-order valence-electron chi connectivity index (χ1n) is 11.2. The highest BCUT2D eigenvalue weighted by molar-refractivity contribution is 6.30. The Hall–Kier alpha value is -4.57. The fourth-order valence-corrected chi connectivity index (χ4v) is 4.05. The molecule has 0 radical (unpaired) electrons. The molecular weight excluding hydrogens is 480 g/mol. The third-order valence-corrected chi connectivity index (χ3v) is 5.81. The van der Waals surface area contributed by atoms with E-state index in [0.29, 0.717) is 34.2 Å². The predicted molar refractivity (Wildman–Crippen MR) is 135 cm³/mol. The normalized spacial score (nSPS) is 16.5. The second-order valence-corrected chi connectivity index (χ2v) is 8.48. The van der Waals surface area contributed by atoms with E-state index in [-0.39, 0.29) is 18.2 Å². The van der Waals surface area contributed by atoms with Crippen LogP contribution >= 0.6 is 11.6 Å². The van der Waals surface area contributed by atoms with E-state index in [9.17, 15) is 9.59 Å². The van der Waals surface area contributed by atoms with Gasteiger partial charge in [0.15, 0.2) is 0 Å². The molecule has 180 valence electrons. The first-order chi connectivity index (χ1) is 17.6. The largest absolute Gasteiger partial charge is 0.342 e. The van der Waals surface area contributed by atoms with Gasteiger partial charge in [0.2, 0.25) is 11.8 Å². The Morgan fingerprint density at radius 2 is 2.08 bits per heavy atom. The molecule has 4 aromatic rings. The molecule has 0 unspecified atom stereocenters. The maximum Gasteiger partial charge on any atom is 0.244 e. The predicted octanol–water partition coefficient (Wildman–Crippen LogP) is 3.87. The molecule has 2 amide bonds. The van der Waals surface area contributed by atoms with Crippen LogP contribution in [0.25, 0.3) is 23.0 Å². The van der Waals surface area contributed by atoms with Crippen LogP contribution in [-0.4, -0.2) is 42.0 Å². The zero-order valence-corrected chi connectivity index (χ0v) is 19.7. The summed E-state index contributed by atoms with van der Waals surface area (Å²) in [6, 6.07) is 12.3. The summed E-state index contributed by atoms with van der Waals surface area (Å²) < 4.78 is 1.49. The van der Waals surface area contributed by atoms with E-state index < -0.39 is 6.04 Å². The minimum Gasteiger partial charge on any atom is -0.342 e. The summed E-state index contributed by atoms with van der Waals surface area (Å²) in [4.78, 5) is 33.0. The molecule has 11 heteroatoms. The van der Waals surface area contributed by atoms with E-state index in [0.717, 1.165) is 11.3 Å². The highest BCUT2D eigenvalue weighted by Gasteiger charge is 2.18. The number of amides is 2. The third kappa shape index (κ3) is 5.23. The van der Waals surface area contributed by atoms with Crippen molar-refractivity contribution in [3.63, 3.8) is 0 Å². The number of hydrogen-bond acceptors (Lipinski definition) is 6. The van der Waals surface area contributed by atoms with E-state index in [2.05, 4.69) is 36.1 Å². The van der Waals surface area contributed by atoms with Gasteiger partial charge in [-0.05, 0) is 47.2 Å². The number of nitrogens with zero attached hydrogens (tertiary/aromatic N) is 5. The van der Waals surface area contributed by atoms with Gasteiger partial charge in [-0.1, -0.05) is 42.0 Å². The molecule has 0 fully saturated rings. The van der Waals surface area contributed by atoms with Gasteiger partial charge in [0.25, 0.3) is 0 Å². The van der Waals surface area contributed by atoms with E-state index in [1.807, 2.05) is 30.3 Å². The van der Waals surface area contributed by atoms with Gasteiger partial charge in [-0.2, -0.15) is 4.68 Å². The number of H-pyrrole nitrogens is 1. The quantitative estimate of drug-likeness (QED) is 0.288. The molecular formula is C25H21ClN8O2. The minimum absolute atomic E-state index is 0.123. The average molecular weight is 501 g/mol. The van der Waals surface area contributed by atoms with Crippen LogP contribution in [-0.2, 0) is 9.59 Å². The van der Waals surface area contributed by atoms with Gasteiger partial charge < -0.3 is 15.6 Å². The SMILES string of the molecule is O=C(/C=C/c1cc(Cl)ccc1-n1cnnn1)N[C@H]1C/C=C/CC(=O)Nc2ccccc2-c2cnc1[nH]2. The van der Waals surface area contributed by atoms with Crippen LogP contribution in [0.2, 0.25) is 5.02 Å². The minimum atomic E-state index is -0.430. The molecule has 1 atom stereocenters. The lowest BCUT2D eigenvalue weighted by Gasteiger charge is -2.15. The number of rotatable bonds is 4. The van der Waals surface area contributed by atoms with Crippen molar-refractivity contribution in [3.05, 3.63) is 89.6 Å². The van der Waals surface area contributed by atoms with E-state index in [1.54, 1.807) is 36.5 Å². The second-order valence-electron chi connectivity index (χ2n) is 8.04. The fourth-order valence-electron chi connectivity index (χ4n) is 3.86. The van der Waals surface area contributed by atoms with Crippen molar-refractivity contribution in [2.24, 2.45) is 0 Å². The molecule has 10 nitrogen and oxygen atoms in total. The lowest BCUT2D eigenvalue weighted by Crippen LogP contribution is -2.27. The number of benzene rings is 2. The molecule has 5 rings (SSSR count). The van der Waals surface area contributed by atoms with Crippen LogP contribution in [0.15, 0.2) is 73.2 Å². The lowest BCUT2D eigenvalue weighted by atomic mass is 10.1. The number of halogens is 1. The van der Waals surface area contributed by atoms with Crippen molar-refractivity contribution in [1.29, 1.82) is 0 Å². The monoisotopic (exact) mass is 500 g/mol. The van der Waals surface area contributed by atoms with Gasteiger partial charge in [-0.25, -0.2) is 4.98 Å². The summed E-state index contributed by atoms with van der Waals surface area (Å²) in [7, 11) is 0. The highest BCUT2D eigenvalue weighted by atomic mass is 35.5. The molecule has 0 spiro atoms. The standard InChI is InChI=1S/C25H21ClN8O2/c26-17-10-11-22(34-15-28-32-33-34)16(13-17)9-12-24(36)30-20-7-3-4-8-23(35)29-19-6-2-1-5-18(19)21-14-27-25(20)31-21/h1-6,9-15,20H,7-8H2,(H,27,31)(H,29,35)(H,30,36)/b4-3+,12-9+/t20-/m0/s1. The molecule has 0 saturated heterocycles. The number of para-hydroxylation sites is 1. The first kappa shape index (κ1) is 23.2. The third-order valence-electron chi connectivity index (χ3n) is 5.57. The van der Waals surface area contributed by atoms with Gasteiger partial charge >= 0.3 is 0 Å². The van der Waals surface area contributed by atoms with Crippen LogP contribution in [0.1, 0.15) is 30.3 Å². The molecule has 3 heterocycles. The molecule has 2 aromatic heterocycles. The molecule has 2 aromatic carbocycles. The lowest BCUT2D eigenvalue weighted by molar-refractivity contribution is -0.117. The maximum absolute atomic E-state index is 12.9. The number of nitrogens with one attached hydrogen (secondary N) is 3. The number of carbonyl (C=O) groups excluding carboxylic acids is 2. The van der Waals surface area contributed by atoms with Crippen molar-refractivity contribution in [2.75, 3.05) is 5.32 Å². The fraction of sp³-hybridized carbons (Fsp3) is 0.120. The maximum atomic E-state index is 12.9. The number of anilines is 1. The molecule has 1 aliphatic heterocycles. The van der Waals surface area contributed by atoms with Gasteiger partial charge in [0, 0.05) is 28.6 Å². The number of carbonyl (C=O) groups is 2. The molecule has 1 aliphatic rings. The number of tetrazole rings is 1. The molecule has 0 saturated carbocycles. The number of hydrogen-bond donors (Lipinski definition) is 3. The van der Waals surface area contributed by atoms with Crippen LogP contribution in [0, 0.1) is 0 Å². The first-order valence-corrected chi connectivity index (χ1v) is 11.6. The van der Waals surface area contributed by atoms with Crippen molar-refractivity contribution in [2.45, 2.75) is 18.9 Å².